The number of carbonyl (C=O) groups is 1. The van der Waals surface area contributed by atoms with Crippen LogP contribution < -0.4 is 10.6 Å². The summed E-state index contributed by atoms with van der Waals surface area (Å²) in [5, 5.41) is 9.30. The Kier molecular flexibility index (Phi) is 6.25. The molecule has 4 aromatic rings. The number of thiophene rings is 1. The van der Waals surface area contributed by atoms with Gasteiger partial charge in [0.15, 0.2) is 0 Å². The second kappa shape index (κ2) is 9.41. The topological polar surface area (TPSA) is 69.3 Å². The van der Waals surface area contributed by atoms with E-state index in [1.54, 1.807) is 6.07 Å². The van der Waals surface area contributed by atoms with Crippen molar-refractivity contribution in [2.75, 3.05) is 11.9 Å². The molecule has 152 valence electrons. The van der Waals surface area contributed by atoms with Gasteiger partial charge in [-0.15, -0.1) is 11.3 Å². The number of aromatic amines is 1. The Hall–Kier alpha value is -3.38. The highest BCUT2D eigenvalue weighted by Gasteiger charge is 2.11. The Morgan fingerprint density at radius 3 is 2.83 bits per heavy atom. The molecular formula is C24H24N4OS. The number of nitrogens with zero attached hydrogens (tertiary/aromatic N) is 1. The van der Waals surface area contributed by atoms with Crippen molar-refractivity contribution in [3.8, 4) is 0 Å². The fourth-order valence-corrected chi connectivity index (χ4v) is 3.94. The van der Waals surface area contributed by atoms with Crippen LogP contribution in [0.5, 0.6) is 0 Å². The molecule has 0 unspecified atom stereocenters. The summed E-state index contributed by atoms with van der Waals surface area (Å²) in [5.41, 5.74) is 4.47. The van der Waals surface area contributed by atoms with Crippen LogP contribution in [0.4, 0.5) is 5.69 Å². The van der Waals surface area contributed by atoms with E-state index >= 15 is 0 Å². The molecule has 0 saturated heterocycles. The lowest BCUT2D eigenvalue weighted by molar-refractivity contribution is 0.0981. The quantitative estimate of drug-likeness (QED) is 0.297. The first-order chi connectivity index (χ1) is 14.7. The van der Waals surface area contributed by atoms with E-state index in [4.69, 9.17) is 0 Å². The fraction of sp³-hybridized carbons (Fsp3) is 0.167. The third-order valence-corrected chi connectivity index (χ3v) is 5.77. The molecule has 4 rings (SSSR count). The molecule has 0 radical (unpaired) electrons. The predicted octanol–water partition coefficient (Wildman–Crippen LogP) is 5.23. The molecule has 0 aliphatic rings. The van der Waals surface area contributed by atoms with Crippen molar-refractivity contribution in [2.45, 2.75) is 19.8 Å². The summed E-state index contributed by atoms with van der Waals surface area (Å²) in [4.78, 5) is 21.2. The van der Waals surface area contributed by atoms with Crippen LogP contribution in [0.15, 0.2) is 77.2 Å². The minimum atomic E-state index is -0.157. The zero-order valence-corrected chi connectivity index (χ0v) is 17.6. The normalized spacial score (nSPS) is 11.6. The number of hydrogen-bond donors (Lipinski definition) is 3. The highest BCUT2D eigenvalue weighted by Crippen LogP contribution is 2.18. The number of benzene rings is 2. The van der Waals surface area contributed by atoms with Crippen molar-refractivity contribution in [3.05, 3.63) is 88.2 Å². The third-order valence-electron chi connectivity index (χ3n) is 4.90. The van der Waals surface area contributed by atoms with Gasteiger partial charge in [-0.1, -0.05) is 43.3 Å². The summed E-state index contributed by atoms with van der Waals surface area (Å²) in [5.74, 6) is 0.302. The molecular weight excluding hydrogens is 392 g/mol. The van der Waals surface area contributed by atoms with E-state index in [1.807, 2.05) is 41.9 Å². The number of carbonyl (C=O) groups excluding carboxylic acids is 1. The summed E-state index contributed by atoms with van der Waals surface area (Å²) in [6.45, 7) is 2.68. The maximum atomic E-state index is 12.6. The molecule has 0 bridgehead atoms. The highest BCUT2D eigenvalue weighted by molar-refractivity contribution is 7.12. The van der Waals surface area contributed by atoms with Gasteiger partial charge in [0.1, 0.15) is 0 Å². The maximum absolute atomic E-state index is 12.6. The lowest BCUT2D eigenvalue weighted by Crippen LogP contribution is -2.36. The zero-order chi connectivity index (χ0) is 20.8. The first-order valence-electron chi connectivity index (χ1n) is 10.0. The molecule has 0 aliphatic carbocycles. The van der Waals surface area contributed by atoms with E-state index in [-0.39, 0.29) is 5.91 Å². The number of amides is 1. The Balaban J connectivity index is 1.51. The van der Waals surface area contributed by atoms with Gasteiger partial charge in [0.05, 0.1) is 4.88 Å². The van der Waals surface area contributed by atoms with Gasteiger partial charge in [0.25, 0.3) is 5.91 Å². The molecule has 0 aliphatic heterocycles. The van der Waals surface area contributed by atoms with Crippen molar-refractivity contribution < 1.29 is 4.79 Å². The van der Waals surface area contributed by atoms with E-state index in [1.165, 1.54) is 27.8 Å². The minimum absolute atomic E-state index is 0.157. The van der Waals surface area contributed by atoms with Gasteiger partial charge in [-0.2, -0.15) is 0 Å². The molecule has 6 heteroatoms. The van der Waals surface area contributed by atoms with Crippen LogP contribution in [0.1, 0.15) is 27.7 Å². The number of nitrogens with one attached hydrogen (secondary N) is 3. The van der Waals surface area contributed by atoms with Gasteiger partial charge < -0.3 is 10.3 Å². The number of rotatable bonds is 6. The third kappa shape index (κ3) is 4.78. The van der Waals surface area contributed by atoms with Crippen LogP contribution in [0.25, 0.3) is 10.9 Å². The molecule has 2 aromatic heterocycles. The fourth-order valence-electron chi connectivity index (χ4n) is 3.32. The number of H-pyrrole nitrogens is 1. The number of hydrogen-bond acceptors (Lipinski definition) is 3. The molecule has 0 fully saturated rings. The molecule has 0 atom stereocenters. The Labute approximate surface area is 179 Å². The summed E-state index contributed by atoms with van der Waals surface area (Å²) >= 11 is 1.41. The van der Waals surface area contributed by atoms with Gasteiger partial charge in [-0.05, 0) is 53.6 Å². The molecule has 2 heterocycles. The number of para-hydroxylation sites is 1. The van der Waals surface area contributed by atoms with Crippen LogP contribution in [-0.4, -0.2) is 23.4 Å². The second-order valence-electron chi connectivity index (χ2n) is 6.95. The predicted molar refractivity (Wildman–Crippen MR) is 126 cm³/mol. The average Bonchev–Trinajstić information content (AvgIpc) is 3.44. The molecule has 3 N–H and O–H groups in total. The zero-order valence-electron chi connectivity index (χ0n) is 16.8. The average molecular weight is 417 g/mol. The Bertz CT molecular complexity index is 1160. The van der Waals surface area contributed by atoms with Crippen molar-refractivity contribution in [1.82, 2.24) is 10.3 Å². The maximum Gasteiger partial charge on any atom is 0.268 e. The summed E-state index contributed by atoms with van der Waals surface area (Å²) in [6.07, 6.45) is 3.76. The Morgan fingerprint density at radius 1 is 1.10 bits per heavy atom. The number of fused-ring (bicyclic) bond motifs is 1. The van der Waals surface area contributed by atoms with E-state index in [2.05, 4.69) is 51.8 Å². The monoisotopic (exact) mass is 416 g/mol. The number of anilines is 1. The van der Waals surface area contributed by atoms with Crippen molar-refractivity contribution in [2.24, 2.45) is 4.99 Å². The van der Waals surface area contributed by atoms with E-state index < -0.39 is 0 Å². The molecule has 2 aromatic carbocycles. The second-order valence-corrected chi connectivity index (χ2v) is 7.90. The molecule has 30 heavy (non-hydrogen) atoms. The highest BCUT2D eigenvalue weighted by atomic mass is 32.1. The number of guanidine groups is 1. The van der Waals surface area contributed by atoms with Crippen LogP contribution in [0.2, 0.25) is 0 Å². The smallest absolute Gasteiger partial charge is 0.268 e. The summed E-state index contributed by atoms with van der Waals surface area (Å²) in [7, 11) is 0. The lowest BCUT2D eigenvalue weighted by atomic mass is 10.1. The van der Waals surface area contributed by atoms with Crippen LogP contribution >= 0.6 is 11.3 Å². The SMILES string of the molecule is CCc1cccc(NC(=NCCc2c[nH]c3ccccc23)NC(=O)c2cccs2)c1. The molecule has 0 saturated carbocycles. The van der Waals surface area contributed by atoms with Crippen molar-refractivity contribution >= 4 is 39.8 Å². The summed E-state index contributed by atoms with van der Waals surface area (Å²) < 4.78 is 0. The van der Waals surface area contributed by atoms with E-state index in [0.717, 1.165) is 24.0 Å². The largest absolute Gasteiger partial charge is 0.361 e. The van der Waals surface area contributed by atoms with Gasteiger partial charge >= 0.3 is 0 Å². The standard InChI is InChI=1S/C24H24N4OS/c1-2-17-7-5-8-19(15-17)27-24(28-23(29)22-11-6-14-30-22)25-13-12-18-16-26-21-10-4-3-9-20(18)21/h3-11,14-16,26H,2,12-13H2,1H3,(H2,25,27,28,29). The first-order valence-corrected chi connectivity index (χ1v) is 10.9. The van der Waals surface area contributed by atoms with E-state index in [9.17, 15) is 4.79 Å². The molecule has 0 spiro atoms. The minimum Gasteiger partial charge on any atom is -0.361 e. The molecule has 1 amide bonds. The van der Waals surface area contributed by atoms with Gasteiger partial charge in [-0.3, -0.25) is 15.1 Å². The van der Waals surface area contributed by atoms with Crippen molar-refractivity contribution in [1.29, 1.82) is 0 Å². The number of aromatic nitrogens is 1. The van der Waals surface area contributed by atoms with Crippen LogP contribution in [0.3, 0.4) is 0 Å². The van der Waals surface area contributed by atoms with Gasteiger partial charge in [0.2, 0.25) is 5.96 Å². The number of aliphatic imine (C=N–C) groups is 1. The van der Waals surface area contributed by atoms with Gasteiger partial charge in [-0.25, -0.2) is 0 Å². The number of aryl methyl sites for hydroxylation is 1. The van der Waals surface area contributed by atoms with Crippen LogP contribution in [-0.2, 0) is 12.8 Å². The van der Waals surface area contributed by atoms with Crippen LogP contribution in [0, 0.1) is 0 Å². The molecule has 5 nitrogen and oxygen atoms in total. The van der Waals surface area contributed by atoms with E-state index in [0.29, 0.717) is 17.4 Å². The lowest BCUT2D eigenvalue weighted by Gasteiger charge is -2.12. The summed E-state index contributed by atoms with van der Waals surface area (Å²) in [6, 6.07) is 20.1. The van der Waals surface area contributed by atoms with Crippen molar-refractivity contribution in [3.63, 3.8) is 0 Å². The van der Waals surface area contributed by atoms with Gasteiger partial charge in [0, 0.05) is 29.3 Å². The Morgan fingerprint density at radius 2 is 2.00 bits per heavy atom. The first kappa shape index (κ1) is 19.9.